The Kier molecular flexibility index (Phi) is 5.45. The smallest absolute Gasteiger partial charge is 0.322 e. The fraction of sp³-hybridized carbons (Fsp3) is 0.750. The van der Waals surface area contributed by atoms with E-state index in [9.17, 15) is 4.79 Å². The molecule has 1 unspecified atom stereocenters. The quantitative estimate of drug-likeness (QED) is 0.909. The second-order valence-electron chi connectivity index (χ2n) is 6.22. The van der Waals surface area contributed by atoms with Gasteiger partial charge in [0.05, 0.1) is 36.3 Å². The van der Waals surface area contributed by atoms with Crippen LogP contribution in [0.3, 0.4) is 0 Å². The minimum Gasteiger partial charge on any atom is -0.372 e. The van der Waals surface area contributed by atoms with Gasteiger partial charge in [0.2, 0.25) is 0 Å². The number of hydrogen-bond acceptors (Lipinski definition) is 3. The third-order valence-electron chi connectivity index (χ3n) is 4.44. The molecular weight excluding hydrogens is 280 g/mol. The molecule has 2 heterocycles. The Balaban J connectivity index is 1.98. The molecular formula is C16H28N4O2. The Bertz CT molecular complexity index is 514. The Labute approximate surface area is 132 Å². The lowest BCUT2D eigenvalue weighted by molar-refractivity contribution is -0.0860. The summed E-state index contributed by atoms with van der Waals surface area (Å²) in [6.07, 6.45) is 4.85. The highest BCUT2D eigenvalue weighted by molar-refractivity contribution is 5.89. The first-order valence-corrected chi connectivity index (χ1v) is 8.21. The summed E-state index contributed by atoms with van der Waals surface area (Å²) in [5.41, 5.74) is 1.56. The summed E-state index contributed by atoms with van der Waals surface area (Å²) >= 11 is 0. The van der Waals surface area contributed by atoms with Gasteiger partial charge in [-0.05, 0) is 26.7 Å². The van der Waals surface area contributed by atoms with Crippen LogP contribution in [0.2, 0.25) is 0 Å². The maximum absolute atomic E-state index is 12.5. The summed E-state index contributed by atoms with van der Waals surface area (Å²) in [6, 6.07) is -0.0684. The van der Waals surface area contributed by atoms with Crippen LogP contribution in [-0.4, -0.2) is 46.0 Å². The number of carbonyl (C=O) groups is 1. The van der Waals surface area contributed by atoms with Gasteiger partial charge in [-0.1, -0.05) is 20.3 Å². The Hall–Kier alpha value is -1.56. The van der Waals surface area contributed by atoms with E-state index in [4.69, 9.17) is 4.74 Å². The summed E-state index contributed by atoms with van der Waals surface area (Å²) < 4.78 is 7.73. The van der Waals surface area contributed by atoms with Crippen molar-refractivity contribution in [1.82, 2.24) is 14.7 Å². The van der Waals surface area contributed by atoms with Gasteiger partial charge in [0, 0.05) is 13.1 Å². The summed E-state index contributed by atoms with van der Waals surface area (Å²) in [7, 11) is 0. The molecule has 2 amide bonds. The summed E-state index contributed by atoms with van der Waals surface area (Å²) in [6.45, 7) is 11.0. The molecule has 2 rings (SSSR count). The Morgan fingerprint density at radius 2 is 2.27 bits per heavy atom. The van der Waals surface area contributed by atoms with Crippen molar-refractivity contribution in [3.05, 3.63) is 11.9 Å². The molecule has 1 N–H and O–H groups in total. The van der Waals surface area contributed by atoms with Gasteiger partial charge in [0.15, 0.2) is 0 Å². The zero-order valence-corrected chi connectivity index (χ0v) is 14.2. The van der Waals surface area contributed by atoms with E-state index in [0.717, 1.165) is 37.2 Å². The zero-order valence-electron chi connectivity index (χ0n) is 14.2. The van der Waals surface area contributed by atoms with Gasteiger partial charge in [0.1, 0.15) is 0 Å². The van der Waals surface area contributed by atoms with E-state index >= 15 is 0 Å². The van der Waals surface area contributed by atoms with E-state index < -0.39 is 0 Å². The monoisotopic (exact) mass is 308 g/mol. The molecule has 22 heavy (non-hydrogen) atoms. The van der Waals surface area contributed by atoms with Crippen LogP contribution in [0.4, 0.5) is 10.5 Å². The lowest BCUT2D eigenvalue weighted by Crippen LogP contribution is -2.53. The van der Waals surface area contributed by atoms with Crippen LogP contribution in [-0.2, 0) is 11.3 Å². The lowest BCUT2D eigenvalue weighted by atomic mass is 10.0. The van der Waals surface area contributed by atoms with E-state index in [1.54, 1.807) is 6.20 Å². The molecule has 1 aliphatic heterocycles. The summed E-state index contributed by atoms with van der Waals surface area (Å²) in [4.78, 5) is 14.3. The zero-order chi connectivity index (χ0) is 16.2. The van der Waals surface area contributed by atoms with E-state index in [1.165, 1.54) is 0 Å². The highest BCUT2D eigenvalue weighted by Gasteiger charge is 2.32. The average Bonchev–Trinajstić information content (AvgIpc) is 2.86. The number of anilines is 1. The molecule has 1 atom stereocenters. The SMILES string of the molecule is CCCCn1ncc(NC(=O)N2CCOC(C)(CC)C2)c1C. The normalized spacial score (nSPS) is 21.9. The van der Waals surface area contributed by atoms with Crippen molar-refractivity contribution in [2.75, 3.05) is 25.0 Å². The molecule has 1 fully saturated rings. The molecule has 0 aromatic carbocycles. The van der Waals surface area contributed by atoms with Crippen molar-refractivity contribution >= 4 is 11.7 Å². The molecule has 6 nitrogen and oxygen atoms in total. The average molecular weight is 308 g/mol. The maximum Gasteiger partial charge on any atom is 0.322 e. The molecule has 1 aromatic rings. The first kappa shape index (κ1) is 16.8. The van der Waals surface area contributed by atoms with Crippen molar-refractivity contribution in [2.24, 2.45) is 0 Å². The third kappa shape index (κ3) is 3.80. The molecule has 0 spiro atoms. The number of urea groups is 1. The molecule has 0 bridgehead atoms. The number of carbonyl (C=O) groups excluding carboxylic acids is 1. The number of aromatic nitrogens is 2. The van der Waals surface area contributed by atoms with Gasteiger partial charge in [0.25, 0.3) is 0 Å². The largest absolute Gasteiger partial charge is 0.372 e. The molecule has 0 saturated carbocycles. The summed E-state index contributed by atoms with van der Waals surface area (Å²) in [5, 5.41) is 7.34. The second-order valence-corrected chi connectivity index (χ2v) is 6.22. The Morgan fingerprint density at radius 3 is 2.95 bits per heavy atom. The first-order chi connectivity index (χ1) is 10.5. The number of amides is 2. The Morgan fingerprint density at radius 1 is 1.50 bits per heavy atom. The third-order valence-corrected chi connectivity index (χ3v) is 4.44. The van der Waals surface area contributed by atoms with Gasteiger partial charge in [-0.15, -0.1) is 0 Å². The van der Waals surface area contributed by atoms with Crippen LogP contribution in [0.15, 0.2) is 6.20 Å². The van der Waals surface area contributed by atoms with Crippen LogP contribution >= 0.6 is 0 Å². The topological polar surface area (TPSA) is 59.4 Å². The van der Waals surface area contributed by atoms with Crippen molar-refractivity contribution in [3.8, 4) is 0 Å². The highest BCUT2D eigenvalue weighted by atomic mass is 16.5. The number of nitrogens with one attached hydrogen (secondary N) is 1. The summed E-state index contributed by atoms with van der Waals surface area (Å²) in [5.74, 6) is 0. The minimum absolute atomic E-state index is 0.0684. The molecule has 1 saturated heterocycles. The molecule has 1 aliphatic rings. The maximum atomic E-state index is 12.5. The van der Waals surface area contributed by atoms with Crippen molar-refractivity contribution in [2.45, 2.75) is 59.1 Å². The predicted molar refractivity (Wildman–Crippen MR) is 87.1 cm³/mol. The van der Waals surface area contributed by atoms with Gasteiger partial charge < -0.3 is 15.0 Å². The van der Waals surface area contributed by atoms with E-state index in [0.29, 0.717) is 19.7 Å². The van der Waals surface area contributed by atoms with Crippen LogP contribution in [0.5, 0.6) is 0 Å². The predicted octanol–water partition coefficient (Wildman–Crippen LogP) is 3.02. The number of hydrogen-bond donors (Lipinski definition) is 1. The van der Waals surface area contributed by atoms with Gasteiger partial charge in [-0.2, -0.15) is 5.10 Å². The second kappa shape index (κ2) is 7.13. The molecule has 6 heteroatoms. The number of nitrogens with zero attached hydrogens (tertiary/aromatic N) is 3. The first-order valence-electron chi connectivity index (χ1n) is 8.21. The van der Waals surface area contributed by atoms with Crippen molar-refractivity contribution in [3.63, 3.8) is 0 Å². The minimum atomic E-state index is -0.240. The standard InChI is InChI=1S/C16H28N4O2/c1-5-7-8-20-13(3)14(11-17-20)18-15(21)19-9-10-22-16(4,6-2)12-19/h11H,5-10,12H2,1-4H3,(H,18,21). The molecule has 124 valence electrons. The fourth-order valence-corrected chi connectivity index (χ4v) is 2.61. The van der Waals surface area contributed by atoms with E-state index in [1.807, 2.05) is 16.5 Å². The molecule has 0 aliphatic carbocycles. The lowest BCUT2D eigenvalue weighted by Gasteiger charge is -2.39. The number of unbranched alkanes of at least 4 members (excludes halogenated alkanes) is 1. The van der Waals surface area contributed by atoms with Gasteiger partial charge in [-0.3, -0.25) is 4.68 Å². The highest BCUT2D eigenvalue weighted by Crippen LogP contribution is 2.22. The van der Waals surface area contributed by atoms with Crippen molar-refractivity contribution in [1.29, 1.82) is 0 Å². The van der Waals surface area contributed by atoms with Crippen LogP contribution in [0.25, 0.3) is 0 Å². The fourth-order valence-electron chi connectivity index (χ4n) is 2.61. The van der Waals surface area contributed by atoms with Crippen molar-refractivity contribution < 1.29 is 9.53 Å². The molecule has 1 aromatic heterocycles. The van der Waals surface area contributed by atoms with E-state index in [2.05, 4.69) is 31.2 Å². The van der Waals surface area contributed by atoms with Gasteiger partial charge >= 0.3 is 6.03 Å². The number of rotatable bonds is 5. The van der Waals surface area contributed by atoms with E-state index in [-0.39, 0.29) is 11.6 Å². The van der Waals surface area contributed by atoms with Crippen LogP contribution in [0, 0.1) is 6.92 Å². The van der Waals surface area contributed by atoms with Crippen LogP contribution < -0.4 is 5.32 Å². The van der Waals surface area contributed by atoms with Gasteiger partial charge in [-0.25, -0.2) is 4.79 Å². The van der Waals surface area contributed by atoms with Crippen LogP contribution in [0.1, 0.15) is 45.7 Å². The molecule has 0 radical (unpaired) electrons. The number of ether oxygens (including phenoxy) is 1. The number of aryl methyl sites for hydroxylation is 1. The number of morpholine rings is 1.